The summed E-state index contributed by atoms with van der Waals surface area (Å²) in [4.78, 5) is 24.3. The second-order valence-electron chi connectivity index (χ2n) is 13.3. The van der Waals surface area contributed by atoms with Crippen LogP contribution in [0.3, 0.4) is 0 Å². The molecular weight excluding hydrogens is 625 g/mol. The van der Waals surface area contributed by atoms with Crippen molar-refractivity contribution in [1.29, 1.82) is 0 Å². The van der Waals surface area contributed by atoms with Crippen molar-refractivity contribution in [3.05, 3.63) is 24.5 Å². The Morgan fingerprint density at radius 2 is 1.06 bits per heavy atom. The van der Waals surface area contributed by atoms with Crippen LogP contribution in [0.1, 0.15) is 187 Å². The molecule has 0 bridgehead atoms. The lowest BCUT2D eigenvalue weighted by molar-refractivity contribution is -0.373. The van der Waals surface area contributed by atoms with E-state index in [9.17, 15) is 14.3 Å². The molecule has 0 amide bonds. The maximum Gasteiger partial charge on any atom is 0.305 e. The molecule has 0 saturated heterocycles. The van der Waals surface area contributed by atoms with Gasteiger partial charge in [-0.1, -0.05) is 148 Å². The Hall–Kier alpha value is -1.18. The summed E-state index contributed by atoms with van der Waals surface area (Å²) in [5.74, 6) is -0.298. The Kier molecular flexibility index (Phi) is 36.2. The van der Waals surface area contributed by atoms with Gasteiger partial charge in [0.25, 0.3) is 7.82 Å². The van der Waals surface area contributed by atoms with Crippen molar-refractivity contribution in [2.75, 3.05) is 26.4 Å². The highest BCUT2D eigenvalue weighted by molar-refractivity contribution is 7.45. The number of hydrogen-bond acceptors (Lipinski definition) is 7. The van der Waals surface area contributed by atoms with E-state index in [0.29, 0.717) is 13.0 Å². The van der Waals surface area contributed by atoms with Crippen LogP contribution in [0.2, 0.25) is 0 Å². The molecule has 3 N–H and O–H groups in total. The van der Waals surface area contributed by atoms with Crippen LogP contribution in [-0.2, 0) is 27.9 Å². The molecule has 48 heavy (non-hydrogen) atoms. The fourth-order valence-corrected chi connectivity index (χ4v) is 6.23. The first-order chi connectivity index (χ1) is 23.4. The maximum atomic E-state index is 12.3. The minimum Gasteiger partial charge on any atom is -0.756 e. The van der Waals surface area contributed by atoms with Gasteiger partial charge in [-0.25, -0.2) is 0 Å². The van der Waals surface area contributed by atoms with Gasteiger partial charge < -0.3 is 29.1 Å². The largest absolute Gasteiger partial charge is 0.756 e. The van der Waals surface area contributed by atoms with E-state index in [1.165, 1.54) is 135 Å². The van der Waals surface area contributed by atoms with Crippen LogP contribution in [0.15, 0.2) is 24.5 Å². The molecule has 0 aromatic heterocycles. The fourth-order valence-electron chi connectivity index (χ4n) is 5.45. The topological polar surface area (TPSA) is 122 Å². The van der Waals surface area contributed by atoms with Crippen LogP contribution >= 0.6 is 7.82 Å². The van der Waals surface area contributed by atoms with Gasteiger partial charge in [0.15, 0.2) is 6.10 Å². The first-order valence-corrected chi connectivity index (χ1v) is 21.4. The summed E-state index contributed by atoms with van der Waals surface area (Å²) in [6.45, 7) is 4.40. The van der Waals surface area contributed by atoms with Crippen molar-refractivity contribution in [1.82, 2.24) is 0 Å². The Morgan fingerprint density at radius 3 is 1.56 bits per heavy atom. The number of phosphoric acid groups is 1. The monoisotopic (exact) mass is 702 g/mol. The third-order valence-electron chi connectivity index (χ3n) is 8.48. The second kappa shape index (κ2) is 37.1. The molecule has 1 unspecified atom stereocenters. The van der Waals surface area contributed by atoms with E-state index in [1.54, 1.807) is 6.26 Å². The number of allylic oxidation sites excluding steroid dienone is 3. The van der Waals surface area contributed by atoms with Crippen LogP contribution in [0.25, 0.3) is 0 Å². The maximum absolute atomic E-state index is 12.3. The SMILES string of the molecule is CCCCCC/C=C\CCCCCCCC/C=C\O[C@H](COC(=O)CCCCCCCCCCCCCCC)COP(=O)([O-])OCC[NH3+]. The molecule has 0 heterocycles. The number of carbonyl (C=O) groups excluding carboxylic acids is 1. The average molecular weight is 702 g/mol. The summed E-state index contributed by atoms with van der Waals surface area (Å²) >= 11 is 0. The summed E-state index contributed by atoms with van der Waals surface area (Å²) < 4.78 is 32.9. The third kappa shape index (κ3) is 36.1. The highest BCUT2D eigenvalue weighted by Gasteiger charge is 2.17. The standard InChI is InChI=1S/C39H76NO7P/c1-3-5-7-9-11-13-15-17-18-19-21-23-25-27-29-31-34-44-38(37-47-48(42,43)46-35-33-40)36-45-39(41)32-30-28-26-24-22-20-16-14-12-10-8-6-4-2/h13,15,31,34,38H,3-12,14,16-30,32-33,35-37,40H2,1-2H3,(H,42,43)/b15-13-,34-31-/t38-/m1/s1. The predicted octanol–water partition coefficient (Wildman–Crippen LogP) is 10.3. The second-order valence-corrected chi connectivity index (χ2v) is 14.7. The van der Waals surface area contributed by atoms with Crippen LogP contribution in [-0.4, -0.2) is 38.4 Å². The van der Waals surface area contributed by atoms with E-state index >= 15 is 0 Å². The highest BCUT2D eigenvalue weighted by atomic mass is 31.2. The Morgan fingerprint density at radius 1 is 0.625 bits per heavy atom. The molecular formula is C39H76NO7P. The Labute approximate surface area is 296 Å². The summed E-state index contributed by atoms with van der Waals surface area (Å²) in [5, 5.41) is 0. The van der Waals surface area contributed by atoms with Gasteiger partial charge in [-0.15, -0.1) is 0 Å². The molecule has 0 rings (SSSR count). The van der Waals surface area contributed by atoms with Crippen molar-refractivity contribution >= 4 is 13.8 Å². The number of esters is 1. The normalized spacial score (nSPS) is 13.8. The zero-order valence-corrected chi connectivity index (χ0v) is 32.2. The number of phosphoric ester groups is 1. The molecule has 2 atom stereocenters. The summed E-state index contributed by atoms with van der Waals surface area (Å²) in [6, 6.07) is 0. The Balaban J connectivity index is 4.12. The van der Waals surface area contributed by atoms with Crippen LogP contribution < -0.4 is 10.6 Å². The quantitative estimate of drug-likeness (QED) is 0.0223. The van der Waals surface area contributed by atoms with Crippen molar-refractivity contribution < 1.29 is 38.5 Å². The first-order valence-electron chi connectivity index (χ1n) is 20.0. The lowest BCUT2D eigenvalue weighted by Crippen LogP contribution is -2.52. The fraction of sp³-hybridized carbons (Fsp3) is 0.872. The molecule has 284 valence electrons. The smallest absolute Gasteiger partial charge is 0.305 e. The van der Waals surface area contributed by atoms with Gasteiger partial charge in [0.05, 0.1) is 19.4 Å². The van der Waals surface area contributed by atoms with Crippen molar-refractivity contribution in [3.63, 3.8) is 0 Å². The van der Waals surface area contributed by atoms with Gasteiger partial charge in [0, 0.05) is 6.42 Å². The van der Waals surface area contributed by atoms with Crippen molar-refractivity contribution in [2.24, 2.45) is 0 Å². The first kappa shape index (κ1) is 46.8. The van der Waals surface area contributed by atoms with Gasteiger partial charge in [-0.3, -0.25) is 9.36 Å². The molecule has 0 aliphatic rings. The number of quaternary nitrogens is 1. The van der Waals surface area contributed by atoms with Gasteiger partial charge in [-0.05, 0) is 51.0 Å². The Bertz CT molecular complexity index is 792. The summed E-state index contributed by atoms with van der Waals surface area (Å²) in [6.07, 6.45) is 39.9. The number of hydrogen-bond donors (Lipinski definition) is 1. The molecule has 0 aliphatic heterocycles. The van der Waals surface area contributed by atoms with E-state index in [-0.39, 0.29) is 25.8 Å². The number of rotatable bonds is 38. The third-order valence-corrected chi connectivity index (χ3v) is 9.44. The van der Waals surface area contributed by atoms with Gasteiger partial charge in [0.1, 0.15) is 13.2 Å². The molecule has 0 saturated carbocycles. The molecule has 0 aromatic rings. The molecule has 0 aliphatic carbocycles. The molecule has 9 heteroatoms. The molecule has 0 fully saturated rings. The van der Waals surface area contributed by atoms with E-state index < -0.39 is 13.9 Å². The van der Waals surface area contributed by atoms with Gasteiger partial charge in [0.2, 0.25) is 0 Å². The average Bonchev–Trinajstić information content (AvgIpc) is 3.08. The summed E-state index contributed by atoms with van der Waals surface area (Å²) in [5.41, 5.74) is 3.57. The van der Waals surface area contributed by atoms with E-state index in [2.05, 4.69) is 31.7 Å². The predicted molar refractivity (Wildman–Crippen MR) is 197 cm³/mol. The number of carbonyl (C=O) groups is 1. The van der Waals surface area contributed by atoms with Gasteiger partial charge in [-0.2, -0.15) is 0 Å². The molecule has 8 nitrogen and oxygen atoms in total. The lowest BCUT2D eigenvalue weighted by Gasteiger charge is -2.24. The summed E-state index contributed by atoms with van der Waals surface area (Å²) in [7, 11) is -4.47. The minimum atomic E-state index is -4.47. The minimum absolute atomic E-state index is 0.0451. The van der Waals surface area contributed by atoms with E-state index in [1.807, 2.05) is 6.08 Å². The van der Waals surface area contributed by atoms with Crippen LogP contribution in [0, 0.1) is 0 Å². The molecule has 0 spiro atoms. The number of ether oxygens (including phenoxy) is 2. The highest BCUT2D eigenvalue weighted by Crippen LogP contribution is 2.38. The van der Waals surface area contributed by atoms with Crippen LogP contribution in [0.5, 0.6) is 0 Å². The van der Waals surface area contributed by atoms with Crippen molar-refractivity contribution in [3.8, 4) is 0 Å². The lowest BCUT2D eigenvalue weighted by atomic mass is 10.0. The number of unbranched alkanes of at least 4 members (excludes halogenated alkanes) is 23. The molecule has 0 radical (unpaired) electrons. The van der Waals surface area contributed by atoms with Crippen LogP contribution in [0.4, 0.5) is 0 Å². The zero-order valence-electron chi connectivity index (χ0n) is 31.3. The van der Waals surface area contributed by atoms with Gasteiger partial charge >= 0.3 is 5.97 Å². The molecule has 0 aromatic carbocycles. The van der Waals surface area contributed by atoms with E-state index in [0.717, 1.165) is 32.1 Å². The zero-order chi connectivity index (χ0) is 35.2. The van der Waals surface area contributed by atoms with E-state index in [4.69, 9.17) is 18.5 Å². The van der Waals surface area contributed by atoms with Crippen molar-refractivity contribution in [2.45, 2.75) is 193 Å².